The number of ether oxygens (including phenoxy) is 1. The van der Waals surface area contributed by atoms with Crippen LogP contribution in [0.25, 0.3) is 0 Å². The van der Waals surface area contributed by atoms with Gasteiger partial charge < -0.3 is 20.5 Å². The Kier molecular flexibility index (Phi) is 6.08. The van der Waals surface area contributed by atoms with Gasteiger partial charge in [-0.3, -0.25) is 0 Å². The minimum Gasteiger partial charge on any atom is -0.494 e. The molecule has 0 aliphatic rings. The van der Waals surface area contributed by atoms with E-state index in [0.717, 1.165) is 0 Å². The molecule has 5 nitrogen and oxygen atoms in total. The van der Waals surface area contributed by atoms with E-state index in [1.54, 1.807) is 0 Å². The molecule has 0 heterocycles. The Morgan fingerprint density at radius 1 is 1.53 bits per heavy atom. The summed E-state index contributed by atoms with van der Waals surface area (Å²) < 4.78 is 18.0. The van der Waals surface area contributed by atoms with E-state index in [1.807, 2.05) is 6.92 Å². The van der Waals surface area contributed by atoms with Crippen molar-refractivity contribution in [3.63, 3.8) is 0 Å². The maximum absolute atomic E-state index is 13.0. The highest BCUT2D eigenvalue weighted by Crippen LogP contribution is 2.24. The van der Waals surface area contributed by atoms with Crippen LogP contribution in [-0.4, -0.2) is 30.9 Å². The fourth-order valence-corrected chi connectivity index (χ4v) is 1.65. The fourth-order valence-electron chi connectivity index (χ4n) is 1.65. The molecule has 0 saturated heterocycles. The molecule has 1 aromatic carbocycles. The van der Waals surface area contributed by atoms with Gasteiger partial charge in [0.2, 0.25) is 0 Å². The number of carbonyl (C=O) groups excluding carboxylic acids is 1. The molecule has 3 N–H and O–H groups in total. The summed E-state index contributed by atoms with van der Waals surface area (Å²) in [6.45, 7) is 1.93. The molecule has 0 radical (unpaired) electrons. The van der Waals surface area contributed by atoms with Gasteiger partial charge in [0.05, 0.1) is 12.8 Å². The Labute approximate surface area is 111 Å². The lowest BCUT2D eigenvalue weighted by Crippen LogP contribution is -2.38. The number of benzene rings is 1. The molecule has 19 heavy (non-hydrogen) atoms. The van der Waals surface area contributed by atoms with Crippen molar-refractivity contribution in [2.75, 3.05) is 19.0 Å². The summed E-state index contributed by atoms with van der Waals surface area (Å²) in [4.78, 5) is 11.8. The van der Waals surface area contributed by atoms with Crippen LogP contribution >= 0.6 is 0 Å². The highest BCUT2D eigenvalue weighted by molar-refractivity contribution is 5.91. The first-order chi connectivity index (χ1) is 9.10. The van der Waals surface area contributed by atoms with E-state index in [-0.39, 0.29) is 18.4 Å². The Bertz CT molecular complexity index is 426. The zero-order valence-corrected chi connectivity index (χ0v) is 11.1. The highest BCUT2D eigenvalue weighted by atomic mass is 19.1. The van der Waals surface area contributed by atoms with Crippen LogP contribution in [0.1, 0.15) is 19.8 Å². The molecule has 1 rings (SSSR count). The molecule has 2 amide bonds. The third-order valence-corrected chi connectivity index (χ3v) is 2.72. The normalized spacial score (nSPS) is 11.8. The number of rotatable bonds is 6. The summed E-state index contributed by atoms with van der Waals surface area (Å²) >= 11 is 0. The van der Waals surface area contributed by atoms with Crippen LogP contribution in [0.2, 0.25) is 0 Å². The monoisotopic (exact) mass is 270 g/mol. The average molecular weight is 270 g/mol. The molecule has 0 saturated carbocycles. The van der Waals surface area contributed by atoms with Gasteiger partial charge in [0.1, 0.15) is 11.6 Å². The van der Waals surface area contributed by atoms with Gasteiger partial charge >= 0.3 is 6.03 Å². The summed E-state index contributed by atoms with van der Waals surface area (Å²) in [6, 6.07) is 3.35. The van der Waals surface area contributed by atoms with Crippen molar-refractivity contribution in [3.05, 3.63) is 24.0 Å². The molecular weight excluding hydrogens is 251 g/mol. The lowest BCUT2D eigenvalue weighted by molar-refractivity contribution is 0.237. The minimum absolute atomic E-state index is 0.0126. The number of urea groups is 1. The first kappa shape index (κ1) is 15.2. The standard InChI is InChI=1S/C13H19FN2O3/c1-3-10(6-7-17)15-13(18)16-11-5-4-9(14)8-12(11)19-2/h4-5,8,10,17H,3,6-7H2,1-2H3,(H2,15,16,18). The number of halogens is 1. The van der Waals surface area contributed by atoms with Crippen LogP contribution in [0.3, 0.4) is 0 Å². The number of nitrogens with one attached hydrogen (secondary N) is 2. The van der Waals surface area contributed by atoms with E-state index < -0.39 is 11.8 Å². The van der Waals surface area contributed by atoms with Crippen LogP contribution in [0.4, 0.5) is 14.9 Å². The Morgan fingerprint density at radius 2 is 2.26 bits per heavy atom. The number of aliphatic hydroxyl groups excluding tert-OH is 1. The van der Waals surface area contributed by atoms with Crippen molar-refractivity contribution in [2.24, 2.45) is 0 Å². The smallest absolute Gasteiger partial charge is 0.319 e. The molecule has 106 valence electrons. The van der Waals surface area contributed by atoms with Gasteiger partial charge in [-0.1, -0.05) is 6.92 Å². The molecule has 0 aliphatic heterocycles. The number of methoxy groups -OCH3 is 1. The van der Waals surface area contributed by atoms with Gasteiger partial charge in [0.15, 0.2) is 0 Å². The third kappa shape index (κ3) is 4.75. The van der Waals surface area contributed by atoms with E-state index >= 15 is 0 Å². The van der Waals surface area contributed by atoms with E-state index in [0.29, 0.717) is 18.5 Å². The number of anilines is 1. The first-order valence-electron chi connectivity index (χ1n) is 6.12. The number of hydrogen-bond acceptors (Lipinski definition) is 3. The van der Waals surface area contributed by atoms with Gasteiger partial charge in [0.25, 0.3) is 0 Å². The summed E-state index contributed by atoms with van der Waals surface area (Å²) in [5, 5.41) is 14.2. The van der Waals surface area contributed by atoms with Crippen LogP contribution in [-0.2, 0) is 0 Å². The molecule has 0 spiro atoms. The molecule has 6 heteroatoms. The van der Waals surface area contributed by atoms with Crippen molar-refractivity contribution in [1.29, 1.82) is 0 Å². The zero-order chi connectivity index (χ0) is 14.3. The molecule has 1 atom stereocenters. The Hall–Kier alpha value is -1.82. The van der Waals surface area contributed by atoms with Crippen molar-refractivity contribution >= 4 is 11.7 Å². The molecule has 0 fully saturated rings. The first-order valence-corrected chi connectivity index (χ1v) is 6.12. The predicted molar refractivity (Wildman–Crippen MR) is 70.9 cm³/mol. The zero-order valence-electron chi connectivity index (χ0n) is 11.1. The van der Waals surface area contributed by atoms with E-state index in [1.165, 1.54) is 25.3 Å². The lowest BCUT2D eigenvalue weighted by atomic mass is 10.2. The Balaban J connectivity index is 2.66. The third-order valence-electron chi connectivity index (χ3n) is 2.72. The van der Waals surface area contributed by atoms with E-state index in [2.05, 4.69) is 10.6 Å². The summed E-state index contributed by atoms with van der Waals surface area (Å²) in [5.41, 5.74) is 0.389. The van der Waals surface area contributed by atoms with Gasteiger partial charge in [-0.2, -0.15) is 0 Å². The summed E-state index contributed by atoms with van der Waals surface area (Å²) in [5.74, 6) is -0.181. The lowest BCUT2D eigenvalue weighted by Gasteiger charge is -2.17. The summed E-state index contributed by atoms with van der Waals surface area (Å²) in [6.07, 6.45) is 1.21. The number of aliphatic hydroxyl groups is 1. The highest BCUT2D eigenvalue weighted by Gasteiger charge is 2.12. The molecule has 1 unspecified atom stereocenters. The molecule has 1 aromatic rings. The topological polar surface area (TPSA) is 70.6 Å². The Morgan fingerprint density at radius 3 is 2.84 bits per heavy atom. The average Bonchev–Trinajstić information content (AvgIpc) is 2.40. The van der Waals surface area contributed by atoms with E-state index in [4.69, 9.17) is 9.84 Å². The number of amides is 2. The minimum atomic E-state index is -0.436. The number of hydrogen-bond donors (Lipinski definition) is 3. The summed E-state index contributed by atoms with van der Waals surface area (Å²) in [7, 11) is 1.40. The van der Waals surface area contributed by atoms with Crippen molar-refractivity contribution < 1.29 is 19.0 Å². The van der Waals surface area contributed by atoms with Gasteiger partial charge in [0, 0.05) is 18.7 Å². The molecule has 0 bridgehead atoms. The fraction of sp³-hybridized carbons (Fsp3) is 0.462. The second kappa shape index (κ2) is 7.58. The SMILES string of the molecule is CCC(CCO)NC(=O)Nc1ccc(F)cc1OC. The maximum Gasteiger partial charge on any atom is 0.319 e. The van der Waals surface area contributed by atoms with Gasteiger partial charge in [-0.25, -0.2) is 9.18 Å². The number of carbonyl (C=O) groups is 1. The van der Waals surface area contributed by atoms with Gasteiger partial charge in [-0.05, 0) is 25.0 Å². The van der Waals surface area contributed by atoms with Gasteiger partial charge in [-0.15, -0.1) is 0 Å². The van der Waals surface area contributed by atoms with Crippen LogP contribution in [0.15, 0.2) is 18.2 Å². The second-order valence-electron chi connectivity index (χ2n) is 4.06. The molecule has 0 aromatic heterocycles. The van der Waals surface area contributed by atoms with Crippen LogP contribution in [0.5, 0.6) is 5.75 Å². The molecular formula is C13H19FN2O3. The second-order valence-corrected chi connectivity index (χ2v) is 4.06. The quantitative estimate of drug-likeness (QED) is 0.741. The van der Waals surface area contributed by atoms with Crippen molar-refractivity contribution in [3.8, 4) is 5.75 Å². The largest absolute Gasteiger partial charge is 0.494 e. The molecule has 0 aliphatic carbocycles. The predicted octanol–water partition coefficient (Wildman–Crippen LogP) is 2.12. The van der Waals surface area contributed by atoms with Crippen LogP contribution < -0.4 is 15.4 Å². The van der Waals surface area contributed by atoms with Crippen molar-refractivity contribution in [1.82, 2.24) is 5.32 Å². The maximum atomic E-state index is 13.0. The van der Waals surface area contributed by atoms with E-state index in [9.17, 15) is 9.18 Å². The van der Waals surface area contributed by atoms with Crippen molar-refractivity contribution in [2.45, 2.75) is 25.8 Å². The van der Waals surface area contributed by atoms with Crippen LogP contribution in [0, 0.1) is 5.82 Å².